The molecule has 128 valence electrons. The van der Waals surface area contributed by atoms with Crippen LogP contribution in [0.3, 0.4) is 0 Å². The van der Waals surface area contributed by atoms with E-state index >= 15 is 0 Å². The Labute approximate surface area is 142 Å². The van der Waals surface area contributed by atoms with Crippen molar-refractivity contribution in [2.75, 3.05) is 13.7 Å². The van der Waals surface area contributed by atoms with Crippen LogP contribution in [0, 0.1) is 0 Å². The van der Waals surface area contributed by atoms with Gasteiger partial charge in [-0.25, -0.2) is 4.79 Å². The summed E-state index contributed by atoms with van der Waals surface area (Å²) in [5.74, 6) is 0.307. The summed E-state index contributed by atoms with van der Waals surface area (Å²) in [6.45, 7) is 0.713. The van der Waals surface area contributed by atoms with Gasteiger partial charge in [-0.15, -0.1) is 0 Å². The van der Waals surface area contributed by atoms with E-state index < -0.39 is 5.54 Å². The molecule has 1 aliphatic carbocycles. The molecule has 5 heteroatoms. The van der Waals surface area contributed by atoms with Crippen LogP contribution in [0.25, 0.3) is 6.08 Å². The van der Waals surface area contributed by atoms with Gasteiger partial charge >= 0.3 is 5.97 Å². The molecule has 0 aromatic heterocycles. The van der Waals surface area contributed by atoms with Crippen molar-refractivity contribution in [1.29, 1.82) is 0 Å². The van der Waals surface area contributed by atoms with Gasteiger partial charge in [-0.1, -0.05) is 25.3 Å². The lowest BCUT2D eigenvalue weighted by atomic mass is 9.81. The maximum absolute atomic E-state index is 12.3. The minimum absolute atomic E-state index is 0.265. The first-order chi connectivity index (χ1) is 11.6. The molecule has 1 aromatic carbocycles. The summed E-state index contributed by atoms with van der Waals surface area (Å²) >= 11 is 0. The molecule has 1 fully saturated rings. The van der Waals surface area contributed by atoms with Crippen molar-refractivity contribution in [3.05, 3.63) is 35.4 Å². The van der Waals surface area contributed by atoms with Gasteiger partial charge < -0.3 is 14.8 Å². The third kappa shape index (κ3) is 3.45. The van der Waals surface area contributed by atoms with Crippen LogP contribution in [0.5, 0.6) is 5.75 Å². The van der Waals surface area contributed by atoms with Crippen molar-refractivity contribution in [3.63, 3.8) is 0 Å². The number of carbonyl (C=O) groups is 2. The van der Waals surface area contributed by atoms with E-state index in [1.165, 1.54) is 13.2 Å². The van der Waals surface area contributed by atoms with E-state index in [2.05, 4.69) is 5.32 Å². The molecule has 5 nitrogen and oxygen atoms in total. The Bertz CT molecular complexity index is 659. The van der Waals surface area contributed by atoms with Gasteiger partial charge in [0, 0.05) is 12.5 Å². The van der Waals surface area contributed by atoms with Gasteiger partial charge in [0.25, 0.3) is 0 Å². The number of ether oxygens (including phenoxy) is 2. The number of hydrogen-bond acceptors (Lipinski definition) is 4. The van der Waals surface area contributed by atoms with Crippen LogP contribution in [0.2, 0.25) is 0 Å². The lowest BCUT2D eigenvalue weighted by Gasteiger charge is -2.34. The van der Waals surface area contributed by atoms with Gasteiger partial charge in [0.2, 0.25) is 5.91 Å². The van der Waals surface area contributed by atoms with Crippen molar-refractivity contribution < 1.29 is 19.1 Å². The first-order valence-corrected chi connectivity index (χ1v) is 8.47. The molecule has 1 N–H and O–H groups in total. The quantitative estimate of drug-likeness (QED) is 0.681. The average molecular weight is 329 g/mol. The Balaban J connectivity index is 1.68. The Morgan fingerprint density at radius 1 is 1.25 bits per heavy atom. The molecular formula is C19H23NO4. The van der Waals surface area contributed by atoms with Gasteiger partial charge in [0.05, 0.1) is 13.7 Å². The van der Waals surface area contributed by atoms with Gasteiger partial charge in [0.15, 0.2) is 0 Å². The molecule has 0 bridgehead atoms. The minimum atomic E-state index is -0.875. The second kappa shape index (κ2) is 7.07. The molecule has 24 heavy (non-hydrogen) atoms. The largest absolute Gasteiger partial charge is 0.493 e. The van der Waals surface area contributed by atoms with E-state index in [0.717, 1.165) is 42.6 Å². The molecule has 0 atom stereocenters. The zero-order chi connectivity index (χ0) is 17.0. The number of fused-ring (bicyclic) bond motifs is 1. The number of methoxy groups -OCH3 is 1. The van der Waals surface area contributed by atoms with E-state index in [9.17, 15) is 9.59 Å². The van der Waals surface area contributed by atoms with Crippen LogP contribution in [0.15, 0.2) is 24.3 Å². The predicted octanol–water partition coefficient (Wildman–Crippen LogP) is 2.63. The number of benzene rings is 1. The lowest BCUT2D eigenvalue weighted by molar-refractivity contribution is -0.152. The fourth-order valence-electron chi connectivity index (χ4n) is 3.49. The zero-order valence-electron chi connectivity index (χ0n) is 14.0. The fraction of sp³-hybridized carbons (Fsp3) is 0.474. The summed E-state index contributed by atoms with van der Waals surface area (Å²) in [5.41, 5.74) is 1.24. The highest BCUT2D eigenvalue weighted by Crippen LogP contribution is 2.29. The maximum atomic E-state index is 12.3. The number of amides is 1. The molecule has 0 radical (unpaired) electrons. The molecule has 3 rings (SSSR count). The highest BCUT2D eigenvalue weighted by atomic mass is 16.5. The van der Waals surface area contributed by atoms with Crippen LogP contribution in [-0.4, -0.2) is 31.1 Å². The maximum Gasteiger partial charge on any atom is 0.331 e. The molecule has 2 aliphatic rings. The van der Waals surface area contributed by atoms with Crippen molar-refractivity contribution in [1.82, 2.24) is 5.32 Å². The Kier molecular flexibility index (Phi) is 4.88. The lowest BCUT2D eigenvalue weighted by Crippen LogP contribution is -2.55. The smallest absolute Gasteiger partial charge is 0.331 e. The second-order valence-corrected chi connectivity index (χ2v) is 6.42. The standard InChI is InChI=1S/C19H23NO4/c1-23-18(22)19(10-3-2-4-11-19)20-17(21)8-6-14-5-7-16-15(13-14)9-12-24-16/h5-8,13H,2-4,9-12H2,1H3,(H,20,21)/b8-6+. The van der Waals surface area contributed by atoms with Crippen LogP contribution < -0.4 is 10.1 Å². The summed E-state index contributed by atoms with van der Waals surface area (Å²) in [6, 6.07) is 5.88. The third-order valence-corrected chi connectivity index (χ3v) is 4.79. The summed E-state index contributed by atoms with van der Waals surface area (Å²) < 4.78 is 10.4. The number of carbonyl (C=O) groups excluding carboxylic acids is 2. The number of rotatable bonds is 4. The molecule has 1 aliphatic heterocycles. The SMILES string of the molecule is COC(=O)C1(NC(=O)/C=C/c2ccc3c(c2)CCO3)CCCCC1. The molecule has 1 saturated carbocycles. The monoisotopic (exact) mass is 329 g/mol. The normalized spacial score (nSPS) is 18.7. The van der Waals surface area contributed by atoms with Crippen LogP contribution >= 0.6 is 0 Å². The van der Waals surface area contributed by atoms with Gasteiger partial charge in [-0.3, -0.25) is 4.79 Å². The first-order valence-electron chi connectivity index (χ1n) is 8.47. The molecule has 0 unspecified atom stereocenters. The first kappa shape index (κ1) is 16.6. The number of esters is 1. The topological polar surface area (TPSA) is 64.6 Å². The van der Waals surface area contributed by atoms with Crippen LogP contribution in [0.1, 0.15) is 43.2 Å². The molecule has 0 spiro atoms. The Hall–Kier alpha value is -2.30. The van der Waals surface area contributed by atoms with Crippen LogP contribution in [0.4, 0.5) is 0 Å². The van der Waals surface area contributed by atoms with Crippen molar-refractivity contribution in [3.8, 4) is 5.75 Å². The minimum Gasteiger partial charge on any atom is -0.493 e. The number of hydrogen-bond donors (Lipinski definition) is 1. The Morgan fingerprint density at radius 2 is 2.04 bits per heavy atom. The summed E-state index contributed by atoms with van der Waals surface area (Å²) in [6.07, 6.45) is 8.34. The average Bonchev–Trinajstić information content (AvgIpc) is 3.07. The van der Waals surface area contributed by atoms with E-state index in [0.29, 0.717) is 19.4 Å². The van der Waals surface area contributed by atoms with Crippen molar-refractivity contribution in [2.45, 2.75) is 44.1 Å². The fourth-order valence-corrected chi connectivity index (χ4v) is 3.49. The van der Waals surface area contributed by atoms with Gasteiger partial charge in [-0.2, -0.15) is 0 Å². The van der Waals surface area contributed by atoms with Gasteiger partial charge in [0.1, 0.15) is 11.3 Å². The van der Waals surface area contributed by atoms with Crippen molar-refractivity contribution >= 4 is 18.0 Å². The van der Waals surface area contributed by atoms with E-state index in [1.807, 2.05) is 18.2 Å². The molecule has 1 heterocycles. The van der Waals surface area contributed by atoms with E-state index in [-0.39, 0.29) is 11.9 Å². The molecule has 1 amide bonds. The van der Waals surface area contributed by atoms with E-state index in [1.54, 1.807) is 6.08 Å². The van der Waals surface area contributed by atoms with Crippen LogP contribution in [-0.2, 0) is 20.7 Å². The zero-order valence-corrected chi connectivity index (χ0v) is 14.0. The predicted molar refractivity (Wildman–Crippen MR) is 90.6 cm³/mol. The molecule has 1 aromatic rings. The van der Waals surface area contributed by atoms with Gasteiger partial charge in [-0.05, 0) is 42.2 Å². The summed E-state index contributed by atoms with van der Waals surface area (Å²) in [7, 11) is 1.37. The highest BCUT2D eigenvalue weighted by molar-refractivity contribution is 5.96. The summed E-state index contributed by atoms with van der Waals surface area (Å²) in [5, 5.41) is 2.88. The highest BCUT2D eigenvalue weighted by Gasteiger charge is 2.41. The Morgan fingerprint density at radius 3 is 2.79 bits per heavy atom. The van der Waals surface area contributed by atoms with Crippen molar-refractivity contribution in [2.24, 2.45) is 0 Å². The number of nitrogens with one attached hydrogen (secondary N) is 1. The summed E-state index contributed by atoms with van der Waals surface area (Å²) in [4.78, 5) is 24.5. The second-order valence-electron chi connectivity index (χ2n) is 6.42. The van der Waals surface area contributed by atoms with E-state index in [4.69, 9.17) is 9.47 Å². The third-order valence-electron chi connectivity index (χ3n) is 4.79. The molecule has 0 saturated heterocycles. The molecular weight excluding hydrogens is 306 g/mol.